The van der Waals surface area contributed by atoms with Crippen LogP contribution in [0.25, 0.3) is 0 Å². The Kier molecular flexibility index (Phi) is 3.94. The zero-order valence-corrected chi connectivity index (χ0v) is 8.44. The van der Waals surface area contributed by atoms with Gasteiger partial charge in [0.15, 0.2) is 5.78 Å². The topological polar surface area (TPSA) is 17.1 Å². The van der Waals surface area contributed by atoms with Gasteiger partial charge in [-0.05, 0) is 30.4 Å². The van der Waals surface area contributed by atoms with E-state index in [4.69, 9.17) is 0 Å². The second-order valence-electron chi connectivity index (χ2n) is 3.59. The SMILES string of the molecule is C=CC1=C(CCCCC)C(=O)CC1. The molecule has 0 spiro atoms. The van der Waals surface area contributed by atoms with E-state index in [1.54, 1.807) is 0 Å². The first-order valence-electron chi connectivity index (χ1n) is 5.17. The summed E-state index contributed by atoms with van der Waals surface area (Å²) in [6.45, 7) is 5.93. The maximum Gasteiger partial charge on any atom is 0.159 e. The minimum absolute atomic E-state index is 0.353. The molecule has 1 aliphatic rings. The van der Waals surface area contributed by atoms with Gasteiger partial charge in [-0.1, -0.05) is 32.4 Å². The smallest absolute Gasteiger partial charge is 0.159 e. The fourth-order valence-electron chi connectivity index (χ4n) is 1.81. The molecule has 0 heterocycles. The van der Waals surface area contributed by atoms with E-state index in [1.165, 1.54) is 18.4 Å². The Labute approximate surface area is 80.5 Å². The Morgan fingerprint density at radius 1 is 1.38 bits per heavy atom. The average molecular weight is 178 g/mol. The van der Waals surface area contributed by atoms with Crippen LogP contribution in [0.5, 0.6) is 0 Å². The summed E-state index contributed by atoms with van der Waals surface area (Å²) in [7, 11) is 0. The molecule has 0 aromatic heterocycles. The van der Waals surface area contributed by atoms with Gasteiger partial charge < -0.3 is 0 Å². The molecule has 0 bridgehead atoms. The van der Waals surface area contributed by atoms with E-state index >= 15 is 0 Å². The molecular weight excluding hydrogens is 160 g/mol. The summed E-state index contributed by atoms with van der Waals surface area (Å²) in [5.74, 6) is 0.353. The largest absolute Gasteiger partial charge is 0.295 e. The van der Waals surface area contributed by atoms with Crippen LogP contribution in [0, 0.1) is 0 Å². The maximum absolute atomic E-state index is 11.4. The number of ketones is 1. The van der Waals surface area contributed by atoms with E-state index in [9.17, 15) is 4.79 Å². The van der Waals surface area contributed by atoms with Crippen molar-refractivity contribution in [2.75, 3.05) is 0 Å². The molecule has 0 radical (unpaired) electrons. The number of unbranched alkanes of at least 4 members (excludes halogenated alkanes) is 2. The Bertz CT molecular complexity index is 236. The van der Waals surface area contributed by atoms with Crippen LogP contribution in [-0.2, 0) is 4.79 Å². The first-order valence-corrected chi connectivity index (χ1v) is 5.17. The lowest BCUT2D eigenvalue weighted by molar-refractivity contribution is -0.115. The Balaban J connectivity index is 2.53. The molecular formula is C12H18O. The molecule has 0 amide bonds. The number of carbonyl (C=O) groups excluding carboxylic acids is 1. The number of allylic oxidation sites excluding steroid dienone is 3. The van der Waals surface area contributed by atoms with Crippen LogP contribution in [0.15, 0.2) is 23.8 Å². The summed E-state index contributed by atoms with van der Waals surface area (Å²) >= 11 is 0. The van der Waals surface area contributed by atoms with Gasteiger partial charge in [0, 0.05) is 6.42 Å². The van der Waals surface area contributed by atoms with Crippen LogP contribution >= 0.6 is 0 Å². The second-order valence-corrected chi connectivity index (χ2v) is 3.59. The number of Topliss-reactive ketones (excluding diaryl/α,β-unsaturated/α-hetero) is 1. The molecule has 0 fully saturated rings. The number of hydrogen-bond acceptors (Lipinski definition) is 1. The monoisotopic (exact) mass is 178 g/mol. The van der Waals surface area contributed by atoms with Gasteiger partial charge in [-0.2, -0.15) is 0 Å². The third-order valence-corrected chi connectivity index (χ3v) is 2.62. The highest BCUT2D eigenvalue weighted by Crippen LogP contribution is 2.27. The minimum Gasteiger partial charge on any atom is -0.295 e. The van der Waals surface area contributed by atoms with Crippen molar-refractivity contribution in [3.05, 3.63) is 23.8 Å². The molecule has 0 aromatic carbocycles. The quantitative estimate of drug-likeness (QED) is 0.589. The van der Waals surface area contributed by atoms with Crippen molar-refractivity contribution in [1.29, 1.82) is 0 Å². The normalized spacial score (nSPS) is 16.8. The Hall–Kier alpha value is -0.850. The van der Waals surface area contributed by atoms with E-state index in [-0.39, 0.29) is 0 Å². The van der Waals surface area contributed by atoms with Crippen molar-refractivity contribution in [1.82, 2.24) is 0 Å². The third-order valence-electron chi connectivity index (χ3n) is 2.62. The first-order chi connectivity index (χ1) is 6.29. The standard InChI is InChI=1S/C12H18O/c1-3-5-6-7-11-10(4-2)8-9-12(11)13/h4H,2-3,5-9H2,1H3. The molecule has 1 nitrogen and oxygen atoms in total. The molecule has 0 aliphatic heterocycles. The second kappa shape index (κ2) is 5.00. The van der Waals surface area contributed by atoms with E-state index in [0.717, 1.165) is 24.8 Å². The van der Waals surface area contributed by atoms with Gasteiger partial charge in [-0.15, -0.1) is 0 Å². The van der Waals surface area contributed by atoms with Crippen LogP contribution in [0.1, 0.15) is 45.4 Å². The lowest BCUT2D eigenvalue weighted by atomic mass is 10.0. The van der Waals surface area contributed by atoms with Crippen LogP contribution in [0.4, 0.5) is 0 Å². The summed E-state index contributed by atoms with van der Waals surface area (Å²) < 4.78 is 0. The predicted molar refractivity (Wildman–Crippen MR) is 55.6 cm³/mol. The third kappa shape index (κ3) is 2.55. The molecule has 1 rings (SSSR count). The fraction of sp³-hybridized carbons (Fsp3) is 0.583. The molecule has 0 unspecified atom stereocenters. The van der Waals surface area contributed by atoms with Crippen molar-refractivity contribution in [2.45, 2.75) is 45.4 Å². The summed E-state index contributed by atoms with van der Waals surface area (Å²) in [5.41, 5.74) is 2.25. The molecule has 0 N–H and O–H groups in total. The van der Waals surface area contributed by atoms with E-state index in [1.807, 2.05) is 6.08 Å². The molecule has 1 heteroatoms. The van der Waals surface area contributed by atoms with Gasteiger partial charge in [-0.25, -0.2) is 0 Å². The van der Waals surface area contributed by atoms with Gasteiger partial charge in [0.25, 0.3) is 0 Å². The van der Waals surface area contributed by atoms with Crippen LogP contribution in [0.2, 0.25) is 0 Å². The molecule has 0 saturated carbocycles. The van der Waals surface area contributed by atoms with Gasteiger partial charge in [0.05, 0.1) is 0 Å². The maximum atomic E-state index is 11.4. The van der Waals surface area contributed by atoms with E-state index in [2.05, 4.69) is 13.5 Å². The minimum atomic E-state index is 0.353. The highest BCUT2D eigenvalue weighted by Gasteiger charge is 2.19. The number of hydrogen-bond donors (Lipinski definition) is 0. The molecule has 72 valence electrons. The summed E-state index contributed by atoms with van der Waals surface area (Å²) in [6, 6.07) is 0. The van der Waals surface area contributed by atoms with Gasteiger partial charge >= 0.3 is 0 Å². The van der Waals surface area contributed by atoms with Crippen molar-refractivity contribution in [3.63, 3.8) is 0 Å². The van der Waals surface area contributed by atoms with Crippen molar-refractivity contribution >= 4 is 5.78 Å². The Morgan fingerprint density at radius 2 is 2.15 bits per heavy atom. The van der Waals surface area contributed by atoms with Gasteiger partial charge in [0.2, 0.25) is 0 Å². The number of rotatable bonds is 5. The van der Waals surface area contributed by atoms with Crippen LogP contribution in [0.3, 0.4) is 0 Å². The molecule has 0 atom stereocenters. The lowest BCUT2D eigenvalue weighted by Crippen LogP contribution is -1.96. The van der Waals surface area contributed by atoms with Crippen LogP contribution < -0.4 is 0 Å². The summed E-state index contributed by atoms with van der Waals surface area (Å²) in [5, 5.41) is 0. The lowest BCUT2D eigenvalue weighted by Gasteiger charge is -2.01. The van der Waals surface area contributed by atoms with Gasteiger partial charge in [-0.3, -0.25) is 4.79 Å². The molecule has 1 aliphatic carbocycles. The van der Waals surface area contributed by atoms with E-state index < -0.39 is 0 Å². The van der Waals surface area contributed by atoms with Crippen molar-refractivity contribution in [3.8, 4) is 0 Å². The average Bonchev–Trinajstić information content (AvgIpc) is 2.48. The number of carbonyl (C=O) groups is 1. The predicted octanol–water partition coefficient (Wildman–Crippen LogP) is 3.41. The Morgan fingerprint density at radius 3 is 2.77 bits per heavy atom. The molecule has 13 heavy (non-hydrogen) atoms. The van der Waals surface area contributed by atoms with E-state index in [0.29, 0.717) is 12.2 Å². The highest BCUT2D eigenvalue weighted by molar-refractivity contribution is 5.99. The molecule has 0 aromatic rings. The first kappa shape index (κ1) is 10.2. The summed E-state index contributed by atoms with van der Waals surface area (Å²) in [6.07, 6.45) is 8.04. The van der Waals surface area contributed by atoms with Gasteiger partial charge in [0.1, 0.15) is 0 Å². The fourth-order valence-corrected chi connectivity index (χ4v) is 1.81. The zero-order valence-electron chi connectivity index (χ0n) is 8.44. The highest BCUT2D eigenvalue weighted by atomic mass is 16.1. The zero-order chi connectivity index (χ0) is 9.68. The van der Waals surface area contributed by atoms with Crippen molar-refractivity contribution < 1.29 is 4.79 Å². The molecule has 0 saturated heterocycles. The van der Waals surface area contributed by atoms with Crippen LogP contribution in [-0.4, -0.2) is 5.78 Å². The van der Waals surface area contributed by atoms with Crippen molar-refractivity contribution in [2.24, 2.45) is 0 Å². The summed E-state index contributed by atoms with van der Waals surface area (Å²) in [4.78, 5) is 11.4.